The summed E-state index contributed by atoms with van der Waals surface area (Å²) in [5.41, 5.74) is 1.07. The van der Waals surface area contributed by atoms with Gasteiger partial charge in [0, 0.05) is 19.5 Å². The molecule has 1 rings (SSSR count). The van der Waals surface area contributed by atoms with Gasteiger partial charge in [0.15, 0.2) is 0 Å². The van der Waals surface area contributed by atoms with Crippen molar-refractivity contribution in [3.63, 3.8) is 0 Å². The third-order valence-corrected chi connectivity index (χ3v) is 3.79. The molecular formula is C11H19NO3Si. The van der Waals surface area contributed by atoms with E-state index in [-0.39, 0.29) is 0 Å². The van der Waals surface area contributed by atoms with Gasteiger partial charge in [0.1, 0.15) is 0 Å². The Bertz CT molecular complexity index is 293. The first-order valence-electron chi connectivity index (χ1n) is 5.30. The highest BCUT2D eigenvalue weighted by Gasteiger charge is 2.24. The maximum Gasteiger partial charge on any atom is 0.332 e. The zero-order valence-corrected chi connectivity index (χ0v) is 11.1. The van der Waals surface area contributed by atoms with E-state index in [2.05, 4.69) is 4.98 Å². The monoisotopic (exact) mass is 241 g/mol. The maximum absolute atomic E-state index is 5.78. The van der Waals surface area contributed by atoms with Crippen molar-refractivity contribution in [3.05, 3.63) is 30.1 Å². The van der Waals surface area contributed by atoms with E-state index in [9.17, 15) is 0 Å². The lowest BCUT2D eigenvalue weighted by Crippen LogP contribution is -2.35. The number of methoxy groups -OCH3 is 1. The summed E-state index contributed by atoms with van der Waals surface area (Å²) in [5, 5.41) is 0. The molecule has 16 heavy (non-hydrogen) atoms. The lowest BCUT2D eigenvalue weighted by atomic mass is 10.3. The summed E-state index contributed by atoms with van der Waals surface area (Å²) in [5.74, 6) is 0. The zero-order valence-electron chi connectivity index (χ0n) is 10.1. The van der Waals surface area contributed by atoms with Crippen molar-refractivity contribution in [2.24, 2.45) is 0 Å². The van der Waals surface area contributed by atoms with E-state index in [0.717, 1.165) is 5.56 Å². The van der Waals surface area contributed by atoms with Gasteiger partial charge in [0.25, 0.3) is 0 Å². The Balaban J connectivity index is 2.30. The zero-order chi connectivity index (χ0) is 11.9. The molecule has 0 unspecified atom stereocenters. The predicted octanol–water partition coefficient (Wildman–Crippen LogP) is 1.96. The summed E-state index contributed by atoms with van der Waals surface area (Å²) in [7, 11) is -0.370. The minimum Gasteiger partial charge on any atom is -0.392 e. The van der Waals surface area contributed by atoms with Crippen molar-refractivity contribution in [2.45, 2.75) is 19.7 Å². The molecule has 0 amide bonds. The average Bonchev–Trinajstić information content (AvgIpc) is 2.28. The Morgan fingerprint density at radius 1 is 1.25 bits per heavy atom. The minimum atomic E-state index is -2.03. The van der Waals surface area contributed by atoms with Crippen LogP contribution >= 0.6 is 0 Å². The van der Waals surface area contributed by atoms with E-state index >= 15 is 0 Å². The van der Waals surface area contributed by atoms with Crippen LogP contribution in [0.4, 0.5) is 0 Å². The number of hydrogen-bond donors (Lipinski definition) is 0. The molecule has 0 aliphatic carbocycles. The smallest absolute Gasteiger partial charge is 0.332 e. The Morgan fingerprint density at radius 3 is 2.69 bits per heavy atom. The average molecular weight is 241 g/mol. The van der Waals surface area contributed by atoms with Gasteiger partial charge >= 0.3 is 8.56 Å². The number of pyridine rings is 1. The largest absolute Gasteiger partial charge is 0.392 e. The van der Waals surface area contributed by atoms with Crippen molar-refractivity contribution in [3.8, 4) is 0 Å². The van der Waals surface area contributed by atoms with Gasteiger partial charge in [0.05, 0.1) is 19.8 Å². The van der Waals surface area contributed by atoms with Crippen LogP contribution in [0.5, 0.6) is 0 Å². The topological polar surface area (TPSA) is 40.6 Å². The molecule has 0 spiro atoms. The second-order valence-corrected chi connectivity index (χ2v) is 7.27. The molecule has 0 radical (unpaired) electrons. The molecule has 1 aromatic heterocycles. The van der Waals surface area contributed by atoms with E-state index in [1.165, 1.54) is 0 Å². The van der Waals surface area contributed by atoms with E-state index < -0.39 is 8.56 Å². The predicted molar refractivity (Wildman–Crippen MR) is 64.3 cm³/mol. The third kappa shape index (κ3) is 5.36. The van der Waals surface area contributed by atoms with Gasteiger partial charge in [0.2, 0.25) is 0 Å². The summed E-state index contributed by atoms with van der Waals surface area (Å²) in [6, 6.07) is 3.89. The molecule has 0 bridgehead atoms. The van der Waals surface area contributed by atoms with Gasteiger partial charge in [-0.05, 0) is 24.7 Å². The van der Waals surface area contributed by atoms with Crippen LogP contribution < -0.4 is 0 Å². The van der Waals surface area contributed by atoms with Crippen molar-refractivity contribution < 1.29 is 13.6 Å². The van der Waals surface area contributed by atoms with Crippen molar-refractivity contribution in [2.75, 3.05) is 20.3 Å². The molecule has 0 aliphatic rings. The Labute approximate surface area is 97.8 Å². The second-order valence-electron chi connectivity index (χ2n) is 3.89. The normalized spacial score (nSPS) is 11.7. The van der Waals surface area contributed by atoms with Crippen LogP contribution in [0.1, 0.15) is 5.56 Å². The molecule has 1 aromatic rings. The van der Waals surface area contributed by atoms with Crippen LogP contribution in [-0.2, 0) is 20.2 Å². The van der Waals surface area contributed by atoms with Crippen molar-refractivity contribution in [1.29, 1.82) is 0 Å². The summed E-state index contributed by atoms with van der Waals surface area (Å²) in [6.07, 6.45) is 3.56. The van der Waals surface area contributed by atoms with E-state index in [4.69, 9.17) is 13.6 Å². The van der Waals surface area contributed by atoms with Crippen LogP contribution in [0, 0.1) is 0 Å². The number of hydrogen-bond acceptors (Lipinski definition) is 4. The molecule has 0 saturated heterocycles. The van der Waals surface area contributed by atoms with Crippen LogP contribution in [0.15, 0.2) is 24.5 Å². The van der Waals surface area contributed by atoms with Gasteiger partial charge in [-0.3, -0.25) is 4.98 Å². The lowest BCUT2D eigenvalue weighted by molar-refractivity contribution is 0.110. The van der Waals surface area contributed by atoms with Gasteiger partial charge < -0.3 is 13.6 Å². The molecule has 0 aliphatic heterocycles. The number of aromatic nitrogens is 1. The molecule has 5 heteroatoms. The first-order valence-corrected chi connectivity index (χ1v) is 8.11. The Hall–Kier alpha value is -0.753. The van der Waals surface area contributed by atoms with Crippen LogP contribution in [0.25, 0.3) is 0 Å². The third-order valence-electron chi connectivity index (χ3n) is 2.05. The van der Waals surface area contributed by atoms with Crippen LogP contribution in [0.3, 0.4) is 0 Å². The highest BCUT2D eigenvalue weighted by molar-refractivity contribution is 6.64. The SMILES string of the molecule is COCCO[Si](C)(C)OCc1cccnc1. The highest BCUT2D eigenvalue weighted by atomic mass is 28.4. The first kappa shape index (κ1) is 13.3. The first-order chi connectivity index (χ1) is 7.64. The molecule has 0 atom stereocenters. The van der Waals surface area contributed by atoms with E-state index in [0.29, 0.717) is 19.8 Å². The van der Waals surface area contributed by atoms with Crippen LogP contribution in [0.2, 0.25) is 13.1 Å². The summed E-state index contributed by atoms with van der Waals surface area (Å²) in [6.45, 7) is 5.80. The summed E-state index contributed by atoms with van der Waals surface area (Å²) < 4.78 is 16.4. The minimum absolute atomic E-state index is 0.556. The van der Waals surface area contributed by atoms with Crippen molar-refractivity contribution >= 4 is 8.56 Å². The van der Waals surface area contributed by atoms with Crippen LogP contribution in [-0.4, -0.2) is 33.9 Å². The fourth-order valence-electron chi connectivity index (χ4n) is 1.15. The maximum atomic E-state index is 5.78. The highest BCUT2D eigenvalue weighted by Crippen LogP contribution is 2.10. The van der Waals surface area contributed by atoms with E-state index in [1.54, 1.807) is 19.5 Å². The number of ether oxygens (including phenoxy) is 1. The number of nitrogens with zero attached hydrogens (tertiary/aromatic N) is 1. The summed E-state index contributed by atoms with van der Waals surface area (Å²) >= 11 is 0. The summed E-state index contributed by atoms with van der Waals surface area (Å²) in [4.78, 5) is 4.04. The quantitative estimate of drug-likeness (QED) is 0.540. The molecule has 4 nitrogen and oxygen atoms in total. The molecule has 0 N–H and O–H groups in total. The van der Waals surface area contributed by atoms with Gasteiger partial charge in [-0.2, -0.15) is 0 Å². The lowest BCUT2D eigenvalue weighted by Gasteiger charge is -2.22. The fourth-order valence-corrected chi connectivity index (χ4v) is 2.33. The standard InChI is InChI=1S/C11H19NO3Si/c1-13-7-8-14-16(2,3)15-10-11-5-4-6-12-9-11/h4-6,9H,7-8,10H2,1-3H3. The molecule has 90 valence electrons. The molecule has 1 heterocycles. The molecule has 0 fully saturated rings. The van der Waals surface area contributed by atoms with E-state index in [1.807, 2.05) is 25.2 Å². The molecule has 0 aromatic carbocycles. The molecule has 0 saturated carbocycles. The van der Waals surface area contributed by atoms with Gasteiger partial charge in [-0.15, -0.1) is 0 Å². The Kier molecular flexibility index (Phi) is 5.62. The van der Waals surface area contributed by atoms with Gasteiger partial charge in [-0.1, -0.05) is 6.07 Å². The fraction of sp³-hybridized carbons (Fsp3) is 0.545. The van der Waals surface area contributed by atoms with Gasteiger partial charge in [-0.25, -0.2) is 0 Å². The Morgan fingerprint density at radius 2 is 2.06 bits per heavy atom. The number of rotatable bonds is 7. The van der Waals surface area contributed by atoms with Crippen molar-refractivity contribution in [1.82, 2.24) is 4.98 Å². The second kappa shape index (κ2) is 6.75. The molecular weight excluding hydrogens is 222 g/mol.